The number of rotatable bonds is 7. The van der Waals surface area contributed by atoms with E-state index in [9.17, 15) is 13.2 Å². The van der Waals surface area contributed by atoms with Gasteiger partial charge >= 0.3 is 0 Å². The van der Waals surface area contributed by atoms with Gasteiger partial charge in [0.15, 0.2) is 6.10 Å². The van der Waals surface area contributed by atoms with Gasteiger partial charge in [-0.2, -0.15) is 0 Å². The van der Waals surface area contributed by atoms with E-state index < -0.39 is 16.1 Å². The van der Waals surface area contributed by atoms with Gasteiger partial charge in [-0.1, -0.05) is 27.5 Å². The summed E-state index contributed by atoms with van der Waals surface area (Å²) in [7, 11) is -3.75. The predicted octanol–water partition coefficient (Wildman–Crippen LogP) is 5.31. The maximum Gasteiger partial charge on any atom is 0.265 e. The Labute approximate surface area is 188 Å². The molecule has 0 bridgehead atoms. The van der Waals surface area contributed by atoms with Crippen LogP contribution in [0.2, 0.25) is 5.02 Å². The van der Waals surface area contributed by atoms with Crippen molar-refractivity contribution in [2.24, 2.45) is 0 Å². The van der Waals surface area contributed by atoms with Gasteiger partial charge in [-0.25, -0.2) is 8.42 Å². The number of anilines is 2. The summed E-state index contributed by atoms with van der Waals surface area (Å²) in [5.41, 5.74) is 0.901. The van der Waals surface area contributed by atoms with E-state index in [0.29, 0.717) is 22.1 Å². The van der Waals surface area contributed by atoms with Crippen molar-refractivity contribution in [2.45, 2.75) is 17.9 Å². The third kappa shape index (κ3) is 5.98. The van der Waals surface area contributed by atoms with Gasteiger partial charge < -0.3 is 10.1 Å². The molecule has 0 saturated carbocycles. The lowest BCUT2D eigenvalue weighted by Crippen LogP contribution is -2.30. The topological polar surface area (TPSA) is 84.5 Å². The third-order valence-corrected chi connectivity index (χ3v) is 6.20. The van der Waals surface area contributed by atoms with Crippen molar-refractivity contribution in [3.63, 3.8) is 0 Å². The Morgan fingerprint density at radius 3 is 2.10 bits per heavy atom. The lowest BCUT2D eigenvalue weighted by atomic mass is 10.3. The van der Waals surface area contributed by atoms with Crippen LogP contribution in [0.1, 0.15) is 6.92 Å². The summed E-state index contributed by atoms with van der Waals surface area (Å²) in [5.74, 6) is 0.149. The average Bonchev–Trinajstić information content (AvgIpc) is 2.71. The van der Waals surface area contributed by atoms with Gasteiger partial charge in [0.1, 0.15) is 5.75 Å². The molecular formula is C21H18BrClN2O4S. The van der Waals surface area contributed by atoms with Gasteiger partial charge in [0.25, 0.3) is 15.9 Å². The number of amides is 1. The van der Waals surface area contributed by atoms with Gasteiger partial charge in [-0.05, 0) is 79.7 Å². The van der Waals surface area contributed by atoms with Crippen LogP contribution in [0, 0.1) is 0 Å². The molecule has 0 aliphatic carbocycles. The number of halogens is 2. The van der Waals surface area contributed by atoms with Gasteiger partial charge in [0.05, 0.1) is 4.90 Å². The fraction of sp³-hybridized carbons (Fsp3) is 0.0952. The molecule has 9 heteroatoms. The summed E-state index contributed by atoms with van der Waals surface area (Å²) in [6.45, 7) is 1.62. The highest BCUT2D eigenvalue weighted by Gasteiger charge is 2.17. The highest BCUT2D eigenvalue weighted by Crippen LogP contribution is 2.21. The molecule has 0 radical (unpaired) electrons. The van der Waals surface area contributed by atoms with E-state index in [1.165, 1.54) is 24.3 Å². The summed E-state index contributed by atoms with van der Waals surface area (Å²) in [5, 5.41) is 3.27. The largest absolute Gasteiger partial charge is 0.481 e. The lowest BCUT2D eigenvalue weighted by molar-refractivity contribution is -0.122. The van der Waals surface area contributed by atoms with Gasteiger partial charge in [-0.3, -0.25) is 9.52 Å². The maximum atomic E-state index is 12.5. The van der Waals surface area contributed by atoms with Gasteiger partial charge in [-0.15, -0.1) is 0 Å². The zero-order chi connectivity index (χ0) is 21.7. The van der Waals surface area contributed by atoms with E-state index in [2.05, 4.69) is 26.0 Å². The number of ether oxygens (including phenoxy) is 1. The molecule has 156 valence electrons. The molecule has 1 atom stereocenters. The second-order valence-corrected chi connectivity index (χ2v) is 9.37. The van der Waals surface area contributed by atoms with Crippen LogP contribution in [0.5, 0.6) is 5.75 Å². The van der Waals surface area contributed by atoms with Crippen LogP contribution in [0.4, 0.5) is 11.4 Å². The lowest BCUT2D eigenvalue weighted by Gasteiger charge is -2.15. The van der Waals surface area contributed by atoms with E-state index in [4.69, 9.17) is 16.3 Å². The number of nitrogens with one attached hydrogen (secondary N) is 2. The first-order valence-electron chi connectivity index (χ1n) is 8.84. The average molecular weight is 510 g/mol. The van der Waals surface area contributed by atoms with E-state index >= 15 is 0 Å². The fourth-order valence-corrected chi connectivity index (χ4v) is 3.91. The first-order chi connectivity index (χ1) is 14.2. The van der Waals surface area contributed by atoms with Crippen molar-refractivity contribution in [3.05, 3.63) is 82.3 Å². The highest BCUT2D eigenvalue weighted by atomic mass is 79.9. The summed E-state index contributed by atoms with van der Waals surface area (Å²) in [4.78, 5) is 12.4. The molecule has 0 aromatic heterocycles. The van der Waals surface area contributed by atoms with Crippen molar-refractivity contribution in [1.29, 1.82) is 0 Å². The quantitative estimate of drug-likeness (QED) is 0.452. The maximum absolute atomic E-state index is 12.5. The summed E-state index contributed by atoms with van der Waals surface area (Å²) in [6.07, 6.45) is -0.756. The molecule has 0 heterocycles. The molecule has 6 nitrogen and oxygen atoms in total. The van der Waals surface area contributed by atoms with Crippen molar-refractivity contribution in [1.82, 2.24) is 0 Å². The number of sulfonamides is 1. The molecule has 0 aliphatic rings. The molecule has 0 aliphatic heterocycles. The molecule has 2 N–H and O–H groups in total. The Balaban J connectivity index is 1.62. The number of carbonyl (C=O) groups excluding carboxylic acids is 1. The molecule has 0 saturated heterocycles. The highest BCUT2D eigenvalue weighted by molar-refractivity contribution is 9.10. The molecule has 3 aromatic rings. The van der Waals surface area contributed by atoms with Crippen molar-refractivity contribution >= 4 is 54.8 Å². The Morgan fingerprint density at radius 2 is 1.50 bits per heavy atom. The molecule has 30 heavy (non-hydrogen) atoms. The van der Waals surface area contributed by atoms with Crippen LogP contribution in [-0.4, -0.2) is 20.4 Å². The van der Waals surface area contributed by atoms with E-state index in [0.717, 1.165) is 4.47 Å². The van der Waals surface area contributed by atoms with Crippen LogP contribution in [0.3, 0.4) is 0 Å². The van der Waals surface area contributed by atoms with Crippen molar-refractivity contribution < 1.29 is 17.9 Å². The molecular weight excluding hydrogens is 492 g/mol. The fourth-order valence-electron chi connectivity index (χ4n) is 2.46. The van der Waals surface area contributed by atoms with E-state index in [1.807, 2.05) is 0 Å². The molecule has 3 aromatic carbocycles. The minimum atomic E-state index is -3.75. The van der Waals surface area contributed by atoms with Crippen LogP contribution < -0.4 is 14.8 Å². The Kier molecular flexibility index (Phi) is 7.02. The zero-order valence-corrected chi connectivity index (χ0v) is 19.0. The minimum Gasteiger partial charge on any atom is -0.481 e. The van der Waals surface area contributed by atoms with Gasteiger partial charge in [0.2, 0.25) is 0 Å². The van der Waals surface area contributed by atoms with Crippen LogP contribution in [-0.2, 0) is 14.8 Å². The summed E-state index contributed by atoms with van der Waals surface area (Å²) < 4.78 is 34.0. The molecule has 1 unspecified atom stereocenters. The number of carbonyl (C=O) groups is 1. The van der Waals surface area contributed by atoms with Crippen molar-refractivity contribution in [3.8, 4) is 5.75 Å². The molecule has 1 amide bonds. The molecule has 0 fully saturated rings. The van der Waals surface area contributed by atoms with Crippen LogP contribution in [0.15, 0.2) is 82.2 Å². The predicted molar refractivity (Wildman–Crippen MR) is 122 cm³/mol. The van der Waals surface area contributed by atoms with Crippen LogP contribution in [0.25, 0.3) is 0 Å². The summed E-state index contributed by atoms with van der Waals surface area (Å²) >= 11 is 9.13. The Hall–Kier alpha value is -2.55. The first kappa shape index (κ1) is 22.1. The minimum absolute atomic E-state index is 0.0777. The Bertz CT molecular complexity index is 1120. The second-order valence-electron chi connectivity index (χ2n) is 6.34. The number of benzene rings is 3. The third-order valence-electron chi connectivity index (χ3n) is 4.02. The molecule has 0 spiro atoms. The Morgan fingerprint density at radius 1 is 0.933 bits per heavy atom. The van der Waals surface area contributed by atoms with Crippen LogP contribution >= 0.6 is 27.5 Å². The van der Waals surface area contributed by atoms with E-state index in [-0.39, 0.29) is 10.8 Å². The monoisotopic (exact) mass is 508 g/mol. The smallest absolute Gasteiger partial charge is 0.265 e. The van der Waals surface area contributed by atoms with Crippen molar-refractivity contribution in [2.75, 3.05) is 10.0 Å². The summed E-state index contributed by atoms with van der Waals surface area (Å²) in [6, 6.07) is 19.3. The first-order valence-corrected chi connectivity index (χ1v) is 11.5. The molecule has 3 rings (SSSR count). The second kappa shape index (κ2) is 9.51. The van der Waals surface area contributed by atoms with E-state index in [1.54, 1.807) is 55.5 Å². The SMILES string of the molecule is CC(Oc1ccc(Cl)cc1)C(=O)Nc1ccc(S(=O)(=O)Nc2ccc(Br)cc2)cc1. The van der Waals surface area contributed by atoms with Gasteiger partial charge in [0, 0.05) is 20.9 Å². The number of hydrogen-bond acceptors (Lipinski definition) is 4. The normalized spacial score (nSPS) is 12.1. The standard InChI is InChI=1S/C21H18BrClN2O4S/c1-14(29-19-10-4-16(23)5-11-19)21(26)24-17-8-12-20(13-9-17)30(27,28)25-18-6-2-15(22)3-7-18/h2-14,25H,1H3,(H,24,26). The number of hydrogen-bond donors (Lipinski definition) is 2. The zero-order valence-electron chi connectivity index (χ0n) is 15.8.